The zero-order valence-electron chi connectivity index (χ0n) is 11.6. The lowest BCUT2D eigenvalue weighted by molar-refractivity contribution is 0.778. The molecule has 0 saturated heterocycles. The molecule has 5 heteroatoms. The molecule has 2 rings (SSSR count). The zero-order valence-corrected chi connectivity index (χ0v) is 14.0. The van der Waals surface area contributed by atoms with Gasteiger partial charge in [0.1, 0.15) is 15.8 Å². The molecule has 0 radical (unpaired) electrons. The van der Waals surface area contributed by atoms with Crippen LogP contribution in [-0.4, -0.2) is 15.7 Å². The van der Waals surface area contributed by atoms with Gasteiger partial charge in [-0.15, -0.1) is 11.3 Å². The van der Waals surface area contributed by atoms with Crippen LogP contribution in [-0.2, 0) is 5.75 Å². The van der Waals surface area contributed by atoms with E-state index in [9.17, 15) is 0 Å². The SMILES string of the molecule is CCCCCSCc1nc(Cl)c2c(C)c(C)sc2n1. The van der Waals surface area contributed by atoms with Gasteiger partial charge in [-0.05, 0) is 31.6 Å². The van der Waals surface area contributed by atoms with Crippen LogP contribution in [0.15, 0.2) is 0 Å². The molecule has 0 spiro atoms. The first-order chi connectivity index (χ1) is 9.13. The van der Waals surface area contributed by atoms with Gasteiger partial charge in [-0.2, -0.15) is 11.8 Å². The van der Waals surface area contributed by atoms with Crippen LogP contribution in [0.25, 0.3) is 10.2 Å². The lowest BCUT2D eigenvalue weighted by Gasteiger charge is -2.02. The molecule has 0 aliphatic carbocycles. The van der Waals surface area contributed by atoms with E-state index < -0.39 is 0 Å². The summed E-state index contributed by atoms with van der Waals surface area (Å²) in [5.74, 6) is 2.89. The molecule has 0 aliphatic heterocycles. The largest absolute Gasteiger partial charge is 0.221 e. The Morgan fingerprint density at radius 3 is 2.74 bits per heavy atom. The van der Waals surface area contributed by atoms with Crippen LogP contribution in [0.3, 0.4) is 0 Å². The van der Waals surface area contributed by atoms with Gasteiger partial charge in [-0.3, -0.25) is 0 Å². The summed E-state index contributed by atoms with van der Waals surface area (Å²) in [5, 5.41) is 1.64. The molecular formula is C14H19ClN2S2. The molecule has 2 aromatic rings. The Morgan fingerprint density at radius 2 is 2.00 bits per heavy atom. The summed E-state index contributed by atoms with van der Waals surface area (Å²) in [6.07, 6.45) is 3.84. The minimum atomic E-state index is 0.607. The predicted molar refractivity (Wildman–Crippen MR) is 87.6 cm³/mol. The lowest BCUT2D eigenvalue weighted by atomic mass is 10.2. The van der Waals surface area contributed by atoms with E-state index in [4.69, 9.17) is 11.6 Å². The number of halogens is 1. The molecule has 0 fully saturated rings. The van der Waals surface area contributed by atoms with E-state index in [-0.39, 0.29) is 0 Å². The van der Waals surface area contributed by atoms with Gasteiger partial charge in [-0.25, -0.2) is 9.97 Å². The van der Waals surface area contributed by atoms with Crippen molar-refractivity contribution in [2.75, 3.05) is 5.75 Å². The number of hydrogen-bond donors (Lipinski definition) is 0. The molecule has 0 aliphatic rings. The number of aryl methyl sites for hydroxylation is 2. The third-order valence-corrected chi connectivity index (χ3v) is 5.57. The fraction of sp³-hybridized carbons (Fsp3) is 0.571. The molecule has 0 saturated carbocycles. The van der Waals surface area contributed by atoms with Gasteiger partial charge in [-0.1, -0.05) is 31.4 Å². The van der Waals surface area contributed by atoms with Gasteiger partial charge in [0.05, 0.1) is 11.1 Å². The Labute approximate surface area is 128 Å². The van der Waals surface area contributed by atoms with E-state index >= 15 is 0 Å². The van der Waals surface area contributed by atoms with Crippen LogP contribution in [0.4, 0.5) is 0 Å². The van der Waals surface area contributed by atoms with Crippen molar-refractivity contribution in [1.29, 1.82) is 0 Å². The number of fused-ring (bicyclic) bond motifs is 1. The molecule has 0 amide bonds. The van der Waals surface area contributed by atoms with Gasteiger partial charge in [0.25, 0.3) is 0 Å². The average molecular weight is 315 g/mol. The van der Waals surface area contributed by atoms with Crippen molar-refractivity contribution in [1.82, 2.24) is 9.97 Å². The molecule has 2 nitrogen and oxygen atoms in total. The summed E-state index contributed by atoms with van der Waals surface area (Å²) >= 11 is 9.89. The number of unbranched alkanes of at least 4 members (excludes halogenated alkanes) is 2. The van der Waals surface area contributed by atoms with Crippen LogP contribution in [0.5, 0.6) is 0 Å². The Kier molecular flexibility index (Phi) is 5.48. The number of rotatable bonds is 6. The minimum Gasteiger partial charge on any atom is -0.221 e. The lowest BCUT2D eigenvalue weighted by Crippen LogP contribution is -1.94. The first kappa shape index (κ1) is 15.1. The van der Waals surface area contributed by atoms with Gasteiger partial charge in [0.15, 0.2) is 0 Å². The quantitative estimate of drug-likeness (QED) is 0.528. The van der Waals surface area contributed by atoms with Crippen molar-refractivity contribution in [3.63, 3.8) is 0 Å². The zero-order chi connectivity index (χ0) is 13.8. The maximum Gasteiger partial charge on any atom is 0.141 e. The van der Waals surface area contributed by atoms with E-state index in [1.54, 1.807) is 11.3 Å². The number of hydrogen-bond acceptors (Lipinski definition) is 4. The fourth-order valence-corrected chi connectivity index (χ4v) is 4.22. The molecule has 19 heavy (non-hydrogen) atoms. The van der Waals surface area contributed by atoms with Crippen molar-refractivity contribution in [2.45, 2.75) is 45.8 Å². The maximum atomic E-state index is 6.29. The van der Waals surface area contributed by atoms with E-state index in [1.807, 2.05) is 11.8 Å². The Balaban J connectivity index is 2.08. The highest BCUT2D eigenvalue weighted by atomic mass is 35.5. The second-order valence-corrected chi connectivity index (χ2v) is 7.32. The first-order valence-corrected chi connectivity index (χ1v) is 8.98. The molecule has 2 heterocycles. The first-order valence-electron chi connectivity index (χ1n) is 6.63. The van der Waals surface area contributed by atoms with Crippen molar-refractivity contribution in [3.8, 4) is 0 Å². The monoisotopic (exact) mass is 314 g/mol. The number of nitrogens with zero attached hydrogens (tertiary/aromatic N) is 2. The van der Waals surface area contributed by atoms with Gasteiger partial charge >= 0.3 is 0 Å². The number of thioether (sulfide) groups is 1. The summed E-state index contributed by atoms with van der Waals surface area (Å²) in [4.78, 5) is 11.4. The van der Waals surface area contributed by atoms with Crippen LogP contribution in [0, 0.1) is 13.8 Å². The average Bonchev–Trinajstić information content (AvgIpc) is 2.65. The highest BCUT2D eigenvalue weighted by Gasteiger charge is 2.12. The van der Waals surface area contributed by atoms with E-state index in [2.05, 4.69) is 30.7 Å². The molecule has 0 atom stereocenters. The highest BCUT2D eigenvalue weighted by Crippen LogP contribution is 2.33. The summed E-state index contributed by atoms with van der Waals surface area (Å²) < 4.78 is 0. The fourth-order valence-electron chi connectivity index (χ4n) is 1.92. The van der Waals surface area contributed by atoms with Gasteiger partial charge in [0.2, 0.25) is 0 Å². The van der Waals surface area contributed by atoms with E-state index in [0.29, 0.717) is 5.15 Å². The second kappa shape index (κ2) is 6.91. The van der Waals surface area contributed by atoms with Crippen molar-refractivity contribution < 1.29 is 0 Å². The van der Waals surface area contributed by atoms with Crippen molar-refractivity contribution >= 4 is 44.9 Å². The summed E-state index contributed by atoms with van der Waals surface area (Å²) in [7, 11) is 0. The molecule has 104 valence electrons. The Bertz CT molecular complexity index is 566. The molecule has 0 N–H and O–H groups in total. The van der Waals surface area contributed by atoms with Crippen LogP contribution >= 0.6 is 34.7 Å². The van der Waals surface area contributed by atoms with Crippen molar-refractivity contribution in [3.05, 3.63) is 21.4 Å². The second-order valence-electron chi connectivity index (χ2n) is 4.65. The van der Waals surface area contributed by atoms with E-state index in [0.717, 1.165) is 21.8 Å². The summed E-state index contributed by atoms with van der Waals surface area (Å²) in [6.45, 7) is 6.42. The summed E-state index contributed by atoms with van der Waals surface area (Å²) in [6, 6.07) is 0. The predicted octanol–water partition coefficient (Wildman–Crippen LogP) is 5.38. The normalized spacial score (nSPS) is 11.4. The highest BCUT2D eigenvalue weighted by molar-refractivity contribution is 7.98. The van der Waals surface area contributed by atoms with Crippen LogP contribution in [0.1, 0.15) is 42.5 Å². The summed E-state index contributed by atoms with van der Waals surface area (Å²) in [5.41, 5.74) is 1.21. The topological polar surface area (TPSA) is 25.8 Å². The Hall–Kier alpha value is -0.320. The molecule has 0 bridgehead atoms. The molecule has 0 unspecified atom stereocenters. The smallest absolute Gasteiger partial charge is 0.141 e. The number of aromatic nitrogens is 2. The molecule has 0 aromatic carbocycles. The standard InChI is InChI=1S/C14H19ClN2S2/c1-4-5-6-7-18-8-11-16-13(15)12-9(2)10(3)19-14(12)17-11/h4-8H2,1-3H3. The third kappa shape index (κ3) is 3.61. The van der Waals surface area contributed by atoms with Crippen LogP contribution < -0.4 is 0 Å². The van der Waals surface area contributed by atoms with Gasteiger partial charge < -0.3 is 0 Å². The minimum absolute atomic E-state index is 0.607. The van der Waals surface area contributed by atoms with Crippen molar-refractivity contribution in [2.24, 2.45) is 0 Å². The molecular weight excluding hydrogens is 296 g/mol. The Morgan fingerprint density at radius 1 is 1.21 bits per heavy atom. The van der Waals surface area contributed by atoms with Crippen LogP contribution in [0.2, 0.25) is 5.15 Å². The third-order valence-electron chi connectivity index (χ3n) is 3.15. The van der Waals surface area contributed by atoms with Gasteiger partial charge in [0, 0.05) is 4.88 Å². The number of thiophene rings is 1. The maximum absolute atomic E-state index is 6.29. The van der Waals surface area contributed by atoms with E-state index in [1.165, 1.54) is 35.5 Å². The molecule has 2 aromatic heterocycles.